The van der Waals surface area contributed by atoms with Crippen molar-refractivity contribution in [3.05, 3.63) is 87.8 Å². The predicted octanol–water partition coefficient (Wildman–Crippen LogP) is 2.52. The summed E-state index contributed by atoms with van der Waals surface area (Å²) in [6, 6.07) is 5.79. The number of rotatable bonds is 9. The predicted molar refractivity (Wildman–Crippen MR) is 159 cm³/mol. The van der Waals surface area contributed by atoms with Crippen molar-refractivity contribution in [3.8, 4) is 5.82 Å². The van der Waals surface area contributed by atoms with Crippen molar-refractivity contribution >= 4 is 11.5 Å². The van der Waals surface area contributed by atoms with E-state index in [4.69, 9.17) is 20.4 Å². The number of fused-ring (bicyclic) bond motifs is 1. The van der Waals surface area contributed by atoms with Crippen LogP contribution in [0.1, 0.15) is 31.1 Å². The first kappa shape index (κ1) is 29.3. The van der Waals surface area contributed by atoms with Gasteiger partial charge in [0.1, 0.15) is 35.3 Å². The monoisotopic (exact) mass is 574 g/mol. The molecule has 0 spiro atoms. The van der Waals surface area contributed by atoms with Crippen molar-refractivity contribution in [1.82, 2.24) is 34.3 Å². The Morgan fingerprint density at radius 3 is 2.55 bits per heavy atom. The van der Waals surface area contributed by atoms with Crippen LogP contribution in [0.15, 0.2) is 60.5 Å². The molecule has 3 aromatic rings. The molecule has 0 saturated heterocycles. The Morgan fingerprint density at radius 1 is 1.14 bits per heavy atom. The minimum absolute atomic E-state index is 0.111. The van der Waals surface area contributed by atoms with Crippen LogP contribution >= 0.6 is 0 Å². The van der Waals surface area contributed by atoms with Crippen molar-refractivity contribution in [2.24, 2.45) is 5.73 Å². The van der Waals surface area contributed by atoms with E-state index in [1.54, 1.807) is 18.6 Å². The highest BCUT2D eigenvalue weighted by atomic mass is 16.6. The molecule has 42 heavy (non-hydrogen) atoms. The third-order valence-corrected chi connectivity index (χ3v) is 7.79. The lowest BCUT2D eigenvalue weighted by molar-refractivity contribution is -0.423. The number of imidazole rings is 1. The molecule has 5 rings (SSSR count). The summed E-state index contributed by atoms with van der Waals surface area (Å²) in [5.74, 6) is 1.63. The molecule has 3 aromatic heterocycles. The van der Waals surface area contributed by atoms with Gasteiger partial charge >= 0.3 is 0 Å². The summed E-state index contributed by atoms with van der Waals surface area (Å²) in [4.78, 5) is 36.4. The molecule has 1 aliphatic carbocycles. The van der Waals surface area contributed by atoms with Crippen molar-refractivity contribution in [3.63, 3.8) is 0 Å². The first-order valence-corrected chi connectivity index (χ1v) is 13.7. The molecule has 2 N–H and O–H groups in total. The molecule has 2 aliphatic rings. The quantitative estimate of drug-likeness (QED) is 0.297. The standard InChI is InChI=1S/C29H38N10O3/c1-19-16-37(18-32-19)24-9-8-20-26(33-24)28(2,3)17-38(20)25-10-11-31-27(34-25)29(30)15-22(39(40)41)21(14-23(29)42-7)36(6)13-12-35(4)5/h8-11,14-16,18,23H,12-13,17,30H2,1-7H3. The largest absolute Gasteiger partial charge is 0.375 e. The van der Waals surface area contributed by atoms with Gasteiger partial charge < -0.3 is 25.2 Å². The maximum atomic E-state index is 12.2. The Morgan fingerprint density at radius 2 is 1.90 bits per heavy atom. The number of aryl methyl sites for hydroxylation is 1. The van der Waals surface area contributed by atoms with Crippen LogP contribution < -0.4 is 10.6 Å². The molecular formula is C29H38N10O3. The van der Waals surface area contributed by atoms with Crippen LogP contribution in [0.2, 0.25) is 0 Å². The van der Waals surface area contributed by atoms with Crippen LogP contribution in [0.25, 0.3) is 5.82 Å². The molecule has 2 unspecified atom stereocenters. The maximum Gasteiger partial charge on any atom is 0.290 e. The number of anilines is 2. The van der Waals surface area contributed by atoms with Crippen molar-refractivity contribution in [2.45, 2.75) is 37.8 Å². The minimum atomic E-state index is -1.47. The summed E-state index contributed by atoms with van der Waals surface area (Å²) in [6.07, 6.45) is 7.70. The van der Waals surface area contributed by atoms with Gasteiger partial charge in [-0.15, -0.1) is 0 Å². The fourth-order valence-electron chi connectivity index (χ4n) is 5.46. The van der Waals surface area contributed by atoms with E-state index in [1.807, 2.05) is 66.8 Å². The van der Waals surface area contributed by atoms with Gasteiger partial charge in [-0.1, -0.05) is 13.8 Å². The van der Waals surface area contributed by atoms with Gasteiger partial charge in [-0.05, 0) is 45.3 Å². The lowest BCUT2D eigenvalue weighted by Crippen LogP contribution is -2.51. The molecule has 2 atom stereocenters. The number of nitrogens with two attached hydrogens (primary N) is 1. The Hall–Kier alpha value is -4.20. The number of hydrogen-bond donors (Lipinski definition) is 1. The summed E-state index contributed by atoms with van der Waals surface area (Å²) in [7, 11) is 7.26. The zero-order chi connectivity index (χ0) is 30.4. The molecule has 0 fully saturated rings. The Bertz CT molecular complexity index is 1560. The molecule has 1 aliphatic heterocycles. The summed E-state index contributed by atoms with van der Waals surface area (Å²) in [5, 5.41) is 12.2. The van der Waals surface area contributed by atoms with Crippen LogP contribution in [-0.4, -0.2) is 93.2 Å². The molecule has 0 radical (unpaired) electrons. The molecule has 4 heterocycles. The molecule has 222 valence electrons. The summed E-state index contributed by atoms with van der Waals surface area (Å²) in [5.41, 5.74) is 8.26. The molecule has 0 bridgehead atoms. The normalized spacial score (nSPS) is 21.3. The average Bonchev–Trinajstić information content (AvgIpc) is 3.51. The molecule has 13 nitrogen and oxygen atoms in total. The number of methoxy groups -OCH3 is 1. The van der Waals surface area contributed by atoms with E-state index in [9.17, 15) is 10.1 Å². The zero-order valence-corrected chi connectivity index (χ0v) is 25.1. The number of ether oxygens (including phenoxy) is 1. The fourth-order valence-corrected chi connectivity index (χ4v) is 5.46. The number of aromatic nitrogens is 5. The SMILES string of the molecule is COC1C=C(N(C)CCN(C)C)C([N+](=O)[O-])=CC1(N)c1nccc(N2CC(C)(C)c3nc(-n4cnc(C)c4)ccc32)n1. The summed E-state index contributed by atoms with van der Waals surface area (Å²) in [6.45, 7) is 8.16. The topological polar surface area (TPSA) is 145 Å². The van der Waals surface area contributed by atoms with Crippen LogP contribution in [0.4, 0.5) is 11.5 Å². The Kier molecular flexibility index (Phi) is 7.60. The van der Waals surface area contributed by atoms with E-state index >= 15 is 0 Å². The lowest BCUT2D eigenvalue weighted by atomic mass is 9.85. The first-order chi connectivity index (χ1) is 19.8. The lowest BCUT2D eigenvalue weighted by Gasteiger charge is -2.36. The third kappa shape index (κ3) is 5.26. The van der Waals surface area contributed by atoms with E-state index in [0.29, 0.717) is 24.6 Å². The number of likely N-dealkylation sites (N-methyl/N-ethyl adjacent to an activating group) is 2. The Labute approximate surface area is 245 Å². The van der Waals surface area contributed by atoms with Gasteiger partial charge in [0.05, 0.1) is 22.0 Å². The summed E-state index contributed by atoms with van der Waals surface area (Å²) < 4.78 is 7.70. The van der Waals surface area contributed by atoms with Gasteiger partial charge in [-0.25, -0.2) is 19.9 Å². The average molecular weight is 575 g/mol. The van der Waals surface area contributed by atoms with Crippen molar-refractivity contribution < 1.29 is 9.66 Å². The highest BCUT2D eigenvalue weighted by molar-refractivity contribution is 5.69. The van der Waals surface area contributed by atoms with E-state index in [2.05, 4.69) is 28.7 Å². The molecular weight excluding hydrogens is 536 g/mol. The van der Waals surface area contributed by atoms with Gasteiger partial charge in [0, 0.05) is 57.7 Å². The number of nitro groups is 1. The first-order valence-electron chi connectivity index (χ1n) is 13.7. The van der Waals surface area contributed by atoms with Crippen LogP contribution in [0.3, 0.4) is 0 Å². The van der Waals surface area contributed by atoms with Gasteiger partial charge in [-0.2, -0.15) is 0 Å². The van der Waals surface area contributed by atoms with E-state index in [-0.39, 0.29) is 16.9 Å². The maximum absolute atomic E-state index is 12.2. The molecule has 13 heteroatoms. The number of pyridine rings is 1. The molecule has 0 amide bonds. The van der Waals surface area contributed by atoms with Gasteiger partial charge in [0.25, 0.3) is 5.70 Å². The highest BCUT2D eigenvalue weighted by Gasteiger charge is 2.46. The Balaban J connectivity index is 1.52. The number of nitrogens with zero attached hydrogens (tertiary/aromatic N) is 9. The van der Waals surface area contributed by atoms with Crippen LogP contribution in [0.5, 0.6) is 0 Å². The second kappa shape index (κ2) is 10.9. The smallest absolute Gasteiger partial charge is 0.290 e. The number of hydrogen-bond acceptors (Lipinski definition) is 11. The second-order valence-corrected chi connectivity index (χ2v) is 11.8. The van der Waals surface area contributed by atoms with Crippen molar-refractivity contribution in [2.75, 3.05) is 52.8 Å². The molecule has 0 saturated carbocycles. The minimum Gasteiger partial charge on any atom is -0.375 e. The van der Waals surface area contributed by atoms with Gasteiger partial charge in [-0.3, -0.25) is 14.7 Å². The van der Waals surface area contributed by atoms with Crippen molar-refractivity contribution in [1.29, 1.82) is 0 Å². The third-order valence-electron chi connectivity index (χ3n) is 7.79. The summed E-state index contributed by atoms with van der Waals surface area (Å²) >= 11 is 0. The fraction of sp³-hybridized carbons (Fsp3) is 0.448. The van der Waals surface area contributed by atoms with E-state index in [0.717, 1.165) is 29.4 Å². The van der Waals surface area contributed by atoms with Gasteiger partial charge in [0.15, 0.2) is 5.82 Å². The molecule has 0 aromatic carbocycles. The highest BCUT2D eigenvalue weighted by Crippen LogP contribution is 2.43. The van der Waals surface area contributed by atoms with E-state index in [1.165, 1.54) is 13.2 Å². The second-order valence-electron chi connectivity index (χ2n) is 11.8. The van der Waals surface area contributed by atoms with Crippen LogP contribution in [-0.2, 0) is 15.7 Å². The van der Waals surface area contributed by atoms with E-state index < -0.39 is 16.6 Å². The van der Waals surface area contributed by atoms with Gasteiger partial charge in [0.2, 0.25) is 0 Å². The zero-order valence-electron chi connectivity index (χ0n) is 25.1. The van der Waals surface area contributed by atoms with Crippen LogP contribution in [0, 0.1) is 17.0 Å².